The summed E-state index contributed by atoms with van der Waals surface area (Å²) in [6.45, 7) is 9.21. The predicted molar refractivity (Wildman–Crippen MR) is 64.7 cm³/mol. The van der Waals surface area contributed by atoms with Gasteiger partial charge < -0.3 is 10.2 Å². The second kappa shape index (κ2) is 5.72. The van der Waals surface area contributed by atoms with Crippen molar-refractivity contribution >= 4 is 0 Å². The zero-order valence-corrected chi connectivity index (χ0v) is 11.0. The average Bonchev–Trinajstić information content (AvgIpc) is 2.04. The maximum atomic E-state index is 3.47. The second-order valence-electron chi connectivity index (χ2n) is 5.08. The van der Waals surface area contributed by atoms with Crippen molar-refractivity contribution in [3.8, 4) is 0 Å². The van der Waals surface area contributed by atoms with Gasteiger partial charge in [0.1, 0.15) is 0 Å². The van der Waals surface area contributed by atoms with Gasteiger partial charge in [-0.05, 0) is 47.3 Å². The smallest absolute Gasteiger partial charge is 0.0302 e. The van der Waals surface area contributed by atoms with Gasteiger partial charge in [-0.3, -0.25) is 0 Å². The molecule has 0 fully saturated rings. The number of nitrogens with zero attached hydrogens (tertiary/aromatic N) is 1. The average molecular weight is 200 g/mol. The summed E-state index contributed by atoms with van der Waals surface area (Å²) in [4.78, 5) is 2.31. The molecule has 0 aromatic carbocycles. The lowest BCUT2D eigenvalue weighted by molar-refractivity contribution is 0.108. The molecular weight excluding hydrogens is 172 g/mol. The van der Waals surface area contributed by atoms with Crippen LogP contribution in [0.2, 0.25) is 0 Å². The third-order valence-corrected chi connectivity index (χ3v) is 3.54. The van der Waals surface area contributed by atoms with Crippen LogP contribution in [0.1, 0.15) is 40.5 Å². The first-order chi connectivity index (χ1) is 6.37. The molecule has 1 N–H and O–H groups in total. The lowest BCUT2D eigenvalue weighted by Crippen LogP contribution is -2.57. The van der Waals surface area contributed by atoms with Gasteiger partial charge in [0, 0.05) is 11.6 Å². The maximum absolute atomic E-state index is 3.47. The number of hydrogen-bond acceptors (Lipinski definition) is 2. The molecule has 2 atom stereocenters. The Kier molecular flexibility index (Phi) is 5.68. The molecule has 86 valence electrons. The molecular formula is C12H28N2. The van der Waals surface area contributed by atoms with E-state index in [-0.39, 0.29) is 5.54 Å². The van der Waals surface area contributed by atoms with E-state index < -0.39 is 0 Å². The first kappa shape index (κ1) is 13.9. The van der Waals surface area contributed by atoms with Crippen LogP contribution in [0.5, 0.6) is 0 Å². The molecule has 2 heteroatoms. The Morgan fingerprint density at radius 2 is 1.79 bits per heavy atom. The molecule has 0 bridgehead atoms. The van der Waals surface area contributed by atoms with E-state index in [4.69, 9.17) is 0 Å². The van der Waals surface area contributed by atoms with Crippen LogP contribution in [0.3, 0.4) is 0 Å². The predicted octanol–water partition coefficient (Wildman–Crippen LogP) is 2.35. The Morgan fingerprint density at radius 3 is 2.07 bits per heavy atom. The second-order valence-corrected chi connectivity index (χ2v) is 5.08. The van der Waals surface area contributed by atoms with Crippen LogP contribution < -0.4 is 5.32 Å². The summed E-state index contributed by atoms with van der Waals surface area (Å²) in [7, 11) is 6.38. The fourth-order valence-corrected chi connectivity index (χ4v) is 2.23. The molecule has 0 aliphatic heterocycles. The van der Waals surface area contributed by atoms with E-state index in [0.717, 1.165) is 5.92 Å². The molecule has 0 aliphatic rings. The van der Waals surface area contributed by atoms with Gasteiger partial charge in [0.05, 0.1) is 0 Å². The minimum atomic E-state index is 0.212. The van der Waals surface area contributed by atoms with Crippen molar-refractivity contribution in [1.29, 1.82) is 0 Å². The van der Waals surface area contributed by atoms with Gasteiger partial charge in [-0.15, -0.1) is 0 Å². The third-order valence-electron chi connectivity index (χ3n) is 3.54. The van der Waals surface area contributed by atoms with Crippen LogP contribution in [0.25, 0.3) is 0 Å². The molecule has 0 aromatic rings. The standard InChI is InChI=1S/C12H28N2/c1-8-9-10(2)11(13-5)12(3,4)14(6)7/h10-11,13H,8-9H2,1-7H3. The molecule has 0 saturated heterocycles. The molecule has 14 heavy (non-hydrogen) atoms. The number of rotatable bonds is 6. The largest absolute Gasteiger partial charge is 0.315 e. The van der Waals surface area contributed by atoms with Crippen molar-refractivity contribution < 1.29 is 0 Å². The summed E-state index contributed by atoms with van der Waals surface area (Å²) in [5.41, 5.74) is 0.212. The van der Waals surface area contributed by atoms with Gasteiger partial charge in [-0.1, -0.05) is 20.3 Å². The summed E-state index contributed by atoms with van der Waals surface area (Å²) in [5.74, 6) is 0.724. The highest BCUT2D eigenvalue weighted by atomic mass is 15.2. The fraction of sp³-hybridized carbons (Fsp3) is 1.00. The van der Waals surface area contributed by atoms with Crippen LogP contribution >= 0.6 is 0 Å². The van der Waals surface area contributed by atoms with Gasteiger partial charge in [-0.25, -0.2) is 0 Å². The van der Waals surface area contributed by atoms with Gasteiger partial charge in [0.15, 0.2) is 0 Å². The minimum Gasteiger partial charge on any atom is -0.315 e. The Hall–Kier alpha value is -0.0800. The van der Waals surface area contributed by atoms with E-state index >= 15 is 0 Å². The normalized spacial score (nSPS) is 17.1. The Balaban J connectivity index is 4.53. The van der Waals surface area contributed by atoms with Crippen molar-refractivity contribution in [2.24, 2.45) is 5.92 Å². The molecule has 0 amide bonds. The van der Waals surface area contributed by atoms with E-state index in [1.54, 1.807) is 0 Å². The molecule has 0 aliphatic carbocycles. The molecule has 0 radical (unpaired) electrons. The Morgan fingerprint density at radius 1 is 1.29 bits per heavy atom. The van der Waals surface area contributed by atoms with Gasteiger partial charge in [0.25, 0.3) is 0 Å². The summed E-state index contributed by atoms with van der Waals surface area (Å²) >= 11 is 0. The van der Waals surface area contributed by atoms with E-state index in [1.165, 1.54) is 12.8 Å². The zero-order chi connectivity index (χ0) is 11.4. The third kappa shape index (κ3) is 3.25. The number of likely N-dealkylation sites (N-methyl/N-ethyl adjacent to an activating group) is 2. The fourth-order valence-electron chi connectivity index (χ4n) is 2.23. The summed E-state index contributed by atoms with van der Waals surface area (Å²) < 4.78 is 0. The van der Waals surface area contributed by atoms with Crippen LogP contribution in [0, 0.1) is 5.92 Å². The van der Waals surface area contributed by atoms with Gasteiger partial charge in [-0.2, -0.15) is 0 Å². The van der Waals surface area contributed by atoms with Crippen LogP contribution in [-0.2, 0) is 0 Å². The molecule has 0 heterocycles. The molecule has 0 saturated carbocycles. The minimum absolute atomic E-state index is 0.212. The lowest BCUT2D eigenvalue weighted by atomic mass is 9.82. The highest BCUT2D eigenvalue weighted by Crippen LogP contribution is 2.24. The Bertz CT molecular complexity index is 152. The molecule has 2 nitrogen and oxygen atoms in total. The highest BCUT2D eigenvalue weighted by molar-refractivity contribution is 4.93. The highest BCUT2D eigenvalue weighted by Gasteiger charge is 2.33. The van der Waals surface area contributed by atoms with E-state index in [1.807, 2.05) is 0 Å². The van der Waals surface area contributed by atoms with E-state index in [9.17, 15) is 0 Å². The van der Waals surface area contributed by atoms with Crippen LogP contribution in [0.4, 0.5) is 0 Å². The van der Waals surface area contributed by atoms with Crippen LogP contribution in [-0.4, -0.2) is 37.6 Å². The van der Waals surface area contributed by atoms with Crippen molar-refractivity contribution in [2.75, 3.05) is 21.1 Å². The van der Waals surface area contributed by atoms with Crippen LogP contribution in [0.15, 0.2) is 0 Å². The zero-order valence-electron chi connectivity index (χ0n) is 11.0. The monoisotopic (exact) mass is 200 g/mol. The quantitative estimate of drug-likeness (QED) is 0.708. The van der Waals surface area contributed by atoms with Crippen molar-refractivity contribution in [3.63, 3.8) is 0 Å². The summed E-state index contributed by atoms with van der Waals surface area (Å²) in [6.07, 6.45) is 2.56. The van der Waals surface area contributed by atoms with Gasteiger partial charge in [0.2, 0.25) is 0 Å². The van der Waals surface area contributed by atoms with Crippen molar-refractivity contribution in [1.82, 2.24) is 10.2 Å². The van der Waals surface area contributed by atoms with Crippen molar-refractivity contribution in [3.05, 3.63) is 0 Å². The molecule has 0 rings (SSSR count). The number of hydrogen-bond donors (Lipinski definition) is 1. The summed E-state index contributed by atoms with van der Waals surface area (Å²) in [6, 6.07) is 0.553. The SMILES string of the molecule is CCCC(C)C(NC)C(C)(C)N(C)C. The van der Waals surface area contributed by atoms with E-state index in [2.05, 4.69) is 59.1 Å². The van der Waals surface area contributed by atoms with Gasteiger partial charge >= 0.3 is 0 Å². The molecule has 0 aromatic heterocycles. The van der Waals surface area contributed by atoms with E-state index in [0.29, 0.717) is 6.04 Å². The number of nitrogens with one attached hydrogen (secondary N) is 1. The topological polar surface area (TPSA) is 15.3 Å². The first-order valence-electron chi connectivity index (χ1n) is 5.72. The maximum Gasteiger partial charge on any atom is 0.0302 e. The van der Waals surface area contributed by atoms with Crippen molar-refractivity contribution in [2.45, 2.75) is 52.1 Å². The Labute approximate surface area is 90.1 Å². The lowest BCUT2D eigenvalue weighted by Gasteiger charge is -2.43. The first-order valence-corrected chi connectivity index (χ1v) is 5.72. The molecule has 2 unspecified atom stereocenters. The summed E-state index contributed by atoms with van der Waals surface area (Å²) in [5, 5.41) is 3.47. The molecule has 0 spiro atoms.